The quantitative estimate of drug-likeness (QED) is 0.773. The number of rotatable bonds is 6. The van der Waals surface area contributed by atoms with E-state index in [4.69, 9.17) is 0 Å². The van der Waals surface area contributed by atoms with Gasteiger partial charge in [0.2, 0.25) is 5.91 Å². The topological polar surface area (TPSA) is 29.1 Å². The molecule has 0 heterocycles. The summed E-state index contributed by atoms with van der Waals surface area (Å²) in [5.74, 6) is 0.324. The van der Waals surface area contributed by atoms with Gasteiger partial charge in [0.1, 0.15) is 0 Å². The van der Waals surface area contributed by atoms with Crippen LogP contribution in [-0.2, 0) is 4.79 Å². The summed E-state index contributed by atoms with van der Waals surface area (Å²) >= 11 is 0. The smallest absolute Gasteiger partial charge is 0.227 e. The number of amides is 1. The van der Waals surface area contributed by atoms with Crippen molar-refractivity contribution >= 4 is 11.6 Å². The molecule has 2 nitrogen and oxygen atoms in total. The van der Waals surface area contributed by atoms with Gasteiger partial charge < -0.3 is 5.32 Å². The Bertz CT molecular complexity index is 302. The number of para-hydroxylation sites is 1. The van der Waals surface area contributed by atoms with Gasteiger partial charge in [0.05, 0.1) is 0 Å². The molecule has 0 atom stereocenters. The Morgan fingerprint density at radius 1 is 1.12 bits per heavy atom. The summed E-state index contributed by atoms with van der Waals surface area (Å²) in [5.41, 5.74) is 0.893. The minimum Gasteiger partial charge on any atom is -0.326 e. The third-order valence-corrected chi connectivity index (χ3v) is 2.69. The lowest BCUT2D eigenvalue weighted by atomic mass is 9.97. The molecule has 88 valence electrons. The summed E-state index contributed by atoms with van der Waals surface area (Å²) in [7, 11) is 0. The van der Waals surface area contributed by atoms with Gasteiger partial charge in [0.15, 0.2) is 0 Å². The predicted octanol–water partition coefficient (Wildman–Crippen LogP) is 3.84. The molecule has 0 saturated heterocycles. The van der Waals surface area contributed by atoms with Crippen LogP contribution in [0.5, 0.6) is 0 Å². The molecule has 1 aromatic rings. The fourth-order valence-corrected chi connectivity index (χ4v) is 1.87. The number of carbonyl (C=O) groups is 1. The van der Waals surface area contributed by atoms with Crippen molar-refractivity contribution in [3.05, 3.63) is 30.3 Å². The summed E-state index contributed by atoms with van der Waals surface area (Å²) in [6.07, 6.45) is 4.08. The van der Waals surface area contributed by atoms with Crippen molar-refractivity contribution in [2.24, 2.45) is 5.92 Å². The van der Waals surface area contributed by atoms with Crippen molar-refractivity contribution in [3.8, 4) is 0 Å². The SMILES string of the molecule is CCCC(CCC)C(=O)Nc1ccccc1. The molecule has 2 heteroatoms. The molecule has 1 rings (SSSR count). The van der Waals surface area contributed by atoms with E-state index in [0.717, 1.165) is 31.4 Å². The Morgan fingerprint density at radius 2 is 1.69 bits per heavy atom. The van der Waals surface area contributed by atoms with E-state index in [1.54, 1.807) is 0 Å². The average molecular weight is 219 g/mol. The highest BCUT2D eigenvalue weighted by Gasteiger charge is 2.16. The first-order valence-electron chi connectivity index (χ1n) is 6.13. The van der Waals surface area contributed by atoms with Crippen LogP contribution in [0.4, 0.5) is 5.69 Å². The van der Waals surface area contributed by atoms with Gasteiger partial charge in [-0.15, -0.1) is 0 Å². The van der Waals surface area contributed by atoms with Crippen LogP contribution in [0.3, 0.4) is 0 Å². The summed E-state index contributed by atoms with van der Waals surface area (Å²) in [5, 5.41) is 2.97. The maximum atomic E-state index is 12.0. The number of hydrogen-bond acceptors (Lipinski definition) is 1. The summed E-state index contributed by atoms with van der Waals surface area (Å²) in [4.78, 5) is 12.0. The molecule has 0 spiro atoms. The van der Waals surface area contributed by atoms with E-state index < -0.39 is 0 Å². The standard InChI is InChI=1S/C14H21NO/c1-3-8-12(9-4-2)14(16)15-13-10-6-5-7-11-13/h5-7,10-12H,3-4,8-9H2,1-2H3,(H,15,16). The van der Waals surface area contributed by atoms with Gasteiger partial charge in [-0.25, -0.2) is 0 Å². The highest BCUT2D eigenvalue weighted by atomic mass is 16.1. The van der Waals surface area contributed by atoms with Crippen LogP contribution in [0, 0.1) is 5.92 Å². The van der Waals surface area contributed by atoms with E-state index in [9.17, 15) is 4.79 Å². The third kappa shape index (κ3) is 4.05. The second kappa shape index (κ2) is 7.04. The van der Waals surface area contributed by atoms with E-state index in [2.05, 4.69) is 19.2 Å². The molecule has 0 unspecified atom stereocenters. The van der Waals surface area contributed by atoms with Crippen molar-refractivity contribution in [3.63, 3.8) is 0 Å². The van der Waals surface area contributed by atoms with Crippen LogP contribution in [0.1, 0.15) is 39.5 Å². The Hall–Kier alpha value is -1.31. The van der Waals surface area contributed by atoms with Gasteiger partial charge in [0, 0.05) is 11.6 Å². The van der Waals surface area contributed by atoms with E-state index in [1.807, 2.05) is 30.3 Å². The Labute approximate surface area is 98.1 Å². The zero-order valence-corrected chi connectivity index (χ0v) is 10.2. The maximum absolute atomic E-state index is 12.0. The normalized spacial score (nSPS) is 10.4. The lowest BCUT2D eigenvalue weighted by molar-refractivity contribution is -0.120. The molecule has 0 aromatic heterocycles. The fraction of sp³-hybridized carbons (Fsp3) is 0.500. The molecule has 1 aromatic carbocycles. The Morgan fingerprint density at radius 3 is 2.19 bits per heavy atom. The first-order chi connectivity index (χ1) is 7.77. The molecule has 0 radical (unpaired) electrons. The molecule has 0 aliphatic heterocycles. The largest absolute Gasteiger partial charge is 0.326 e. The van der Waals surface area contributed by atoms with E-state index in [1.165, 1.54) is 0 Å². The van der Waals surface area contributed by atoms with Crippen molar-refractivity contribution in [1.29, 1.82) is 0 Å². The summed E-state index contributed by atoms with van der Waals surface area (Å²) in [6.45, 7) is 4.25. The van der Waals surface area contributed by atoms with Gasteiger partial charge in [-0.2, -0.15) is 0 Å². The van der Waals surface area contributed by atoms with E-state index in [-0.39, 0.29) is 11.8 Å². The van der Waals surface area contributed by atoms with Gasteiger partial charge >= 0.3 is 0 Å². The Kier molecular flexibility index (Phi) is 5.62. The highest BCUT2D eigenvalue weighted by molar-refractivity contribution is 5.92. The number of benzene rings is 1. The number of nitrogens with one attached hydrogen (secondary N) is 1. The highest BCUT2D eigenvalue weighted by Crippen LogP contribution is 2.16. The van der Waals surface area contributed by atoms with Crippen LogP contribution in [0.25, 0.3) is 0 Å². The van der Waals surface area contributed by atoms with Gasteiger partial charge in [0.25, 0.3) is 0 Å². The van der Waals surface area contributed by atoms with Crippen molar-refractivity contribution in [2.45, 2.75) is 39.5 Å². The van der Waals surface area contributed by atoms with Gasteiger partial charge in [-0.3, -0.25) is 4.79 Å². The number of anilines is 1. The number of hydrogen-bond donors (Lipinski definition) is 1. The zero-order valence-electron chi connectivity index (χ0n) is 10.2. The third-order valence-electron chi connectivity index (χ3n) is 2.69. The molecule has 0 fully saturated rings. The van der Waals surface area contributed by atoms with Crippen LogP contribution < -0.4 is 5.32 Å². The van der Waals surface area contributed by atoms with Crippen molar-refractivity contribution in [2.75, 3.05) is 5.32 Å². The van der Waals surface area contributed by atoms with Crippen molar-refractivity contribution in [1.82, 2.24) is 0 Å². The van der Waals surface area contributed by atoms with Gasteiger partial charge in [-0.1, -0.05) is 44.9 Å². The summed E-state index contributed by atoms with van der Waals surface area (Å²) in [6, 6.07) is 9.67. The monoisotopic (exact) mass is 219 g/mol. The molecule has 0 saturated carbocycles. The second-order valence-corrected chi connectivity index (χ2v) is 4.13. The molecule has 0 bridgehead atoms. The predicted molar refractivity (Wildman–Crippen MR) is 68.4 cm³/mol. The molecule has 0 aliphatic carbocycles. The lowest BCUT2D eigenvalue weighted by Crippen LogP contribution is -2.22. The average Bonchev–Trinajstić information content (AvgIpc) is 2.30. The zero-order chi connectivity index (χ0) is 11.8. The number of carbonyl (C=O) groups excluding carboxylic acids is 1. The first kappa shape index (κ1) is 12.8. The fourth-order valence-electron chi connectivity index (χ4n) is 1.87. The summed E-state index contributed by atoms with van der Waals surface area (Å²) < 4.78 is 0. The van der Waals surface area contributed by atoms with Gasteiger partial charge in [-0.05, 0) is 25.0 Å². The Balaban J connectivity index is 2.55. The molecule has 16 heavy (non-hydrogen) atoms. The van der Waals surface area contributed by atoms with Crippen LogP contribution in [0.15, 0.2) is 30.3 Å². The first-order valence-corrected chi connectivity index (χ1v) is 6.13. The molecule has 0 aliphatic rings. The second-order valence-electron chi connectivity index (χ2n) is 4.13. The molecule has 1 amide bonds. The minimum atomic E-state index is 0.162. The molecular formula is C14H21NO. The van der Waals surface area contributed by atoms with Crippen molar-refractivity contribution < 1.29 is 4.79 Å². The van der Waals surface area contributed by atoms with E-state index in [0.29, 0.717) is 0 Å². The minimum absolute atomic E-state index is 0.162. The van der Waals surface area contributed by atoms with Crippen LogP contribution in [-0.4, -0.2) is 5.91 Å². The lowest BCUT2D eigenvalue weighted by Gasteiger charge is -2.15. The molecule has 1 N–H and O–H groups in total. The molecular weight excluding hydrogens is 198 g/mol. The van der Waals surface area contributed by atoms with Crippen LogP contribution in [0.2, 0.25) is 0 Å². The van der Waals surface area contributed by atoms with Crippen LogP contribution >= 0.6 is 0 Å². The maximum Gasteiger partial charge on any atom is 0.227 e. The van der Waals surface area contributed by atoms with E-state index >= 15 is 0 Å².